The Morgan fingerprint density at radius 2 is 1.95 bits per heavy atom. The summed E-state index contributed by atoms with van der Waals surface area (Å²) in [5, 5.41) is 10.6. The Bertz CT molecular complexity index is 445. The van der Waals surface area contributed by atoms with Crippen LogP contribution in [0.15, 0.2) is 24.3 Å². The minimum atomic E-state index is -0.412. The smallest absolute Gasteiger partial charge is 0.319 e. The molecule has 0 unspecified atom stereocenters. The van der Waals surface area contributed by atoms with E-state index >= 15 is 0 Å². The summed E-state index contributed by atoms with van der Waals surface area (Å²) in [5.41, 5.74) is 1.11. The fourth-order valence-corrected chi connectivity index (χ4v) is 1.90. The van der Waals surface area contributed by atoms with Gasteiger partial charge in [-0.3, -0.25) is 19.8 Å². The lowest BCUT2D eigenvalue weighted by atomic mass is 10.1. The molecule has 6 nitrogen and oxygen atoms in total. The number of hydrogen-bond donors (Lipinski definition) is 0. The maximum Gasteiger partial charge on any atom is 0.319 e. The zero-order chi connectivity index (χ0) is 15.0. The summed E-state index contributed by atoms with van der Waals surface area (Å²) in [7, 11) is 1.38. The lowest BCUT2D eigenvalue weighted by Crippen LogP contribution is -2.33. The summed E-state index contributed by atoms with van der Waals surface area (Å²) >= 11 is 0. The third kappa shape index (κ3) is 5.36. The lowest BCUT2D eigenvalue weighted by molar-refractivity contribution is -0.384. The van der Waals surface area contributed by atoms with E-state index in [0.717, 1.165) is 31.5 Å². The van der Waals surface area contributed by atoms with Crippen molar-refractivity contribution in [2.45, 2.75) is 19.8 Å². The van der Waals surface area contributed by atoms with E-state index in [-0.39, 0.29) is 18.2 Å². The molecule has 0 amide bonds. The molecule has 1 aromatic rings. The Balaban J connectivity index is 2.53. The molecule has 0 fully saturated rings. The van der Waals surface area contributed by atoms with Gasteiger partial charge in [-0.15, -0.1) is 0 Å². The second-order valence-electron chi connectivity index (χ2n) is 4.53. The minimum Gasteiger partial charge on any atom is -0.468 e. The summed E-state index contributed by atoms with van der Waals surface area (Å²) in [5.74, 6) is -0.248. The van der Waals surface area contributed by atoms with E-state index in [2.05, 4.69) is 11.7 Å². The monoisotopic (exact) mass is 280 g/mol. The van der Waals surface area contributed by atoms with Gasteiger partial charge in [0.15, 0.2) is 0 Å². The second-order valence-corrected chi connectivity index (χ2v) is 4.53. The Morgan fingerprint density at radius 1 is 1.30 bits per heavy atom. The molecule has 0 aliphatic carbocycles. The number of carbonyl (C=O) groups is 1. The van der Waals surface area contributed by atoms with Crippen molar-refractivity contribution in [3.63, 3.8) is 0 Å². The summed E-state index contributed by atoms with van der Waals surface area (Å²) < 4.78 is 4.67. The molecule has 0 N–H and O–H groups in total. The number of ether oxygens (including phenoxy) is 1. The Kier molecular flexibility index (Phi) is 6.66. The molecule has 0 heterocycles. The number of methoxy groups -OCH3 is 1. The highest BCUT2D eigenvalue weighted by Gasteiger charge is 2.10. The zero-order valence-electron chi connectivity index (χ0n) is 11.9. The summed E-state index contributed by atoms with van der Waals surface area (Å²) in [6.45, 7) is 3.87. The van der Waals surface area contributed by atoms with Gasteiger partial charge in [-0.1, -0.05) is 19.1 Å². The van der Waals surface area contributed by atoms with Crippen molar-refractivity contribution in [1.82, 2.24) is 4.90 Å². The van der Waals surface area contributed by atoms with Crippen molar-refractivity contribution >= 4 is 11.7 Å². The molecule has 110 valence electrons. The van der Waals surface area contributed by atoms with Crippen molar-refractivity contribution in [3.8, 4) is 0 Å². The summed E-state index contributed by atoms with van der Waals surface area (Å²) in [6, 6.07) is 6.50. The van der Waals surface area contributed by atoms with E-state index in [0.29, 0.717) is 0 Å². The van der Waals surface area contributed by atoms with Gasteiger partial charge in [0.2, 0.25) is 0 Å². The molecule has 1 rings (SSSR count). The van der Waals surface area contributed by atoms with Gasteiger partial charge >= 0.3 is 5.97 Å². The minimum absolute atomic E-state index is 0.0914. The largest absolute Gasteiger partial charge is 0.468 e. The van der Waals surface area contributed by atoms with Crippen LogP contribution in [0.25, 0.3) is 0 Å². The number of nitro benzene ring substituents is 1. The number of benzene rings is 1. The molecule has 0 saturated heterocycles. The molecule has 0 atom stereocenters. The number of nitro groups is 1. The maximum absolute atomic E-state index is 11.3. The van der Waals surface area contributed by atoms with Crippen molar-refractivity contribution in [2.24, 2.45) is 0 Å². The number of hydrogen-bond acceptors (Lipinski definition) is 5. The van der Waals surface area contributed by atoms with Crippen LogP contribution in [0.5, 0.6) is 0 Å². The van der Waals surface area contributed by atoms with Crippen LogP contribution in [0.2, 0.25) is 0 Å². The van der Waals surface area contributed by atoms with Crippen LogP contribution >= 0.6 is 0 Å². The van der Waals surface area contributed by atoms with Crippen LogP contribution in [-0.4, -0.2) is 42.5 Å². The third-order valence-corrected chi connectivity index (χ3v) is 2.98. The highest BCUT2D eigenvalue weighted by atomic mass is 16.6. The van der Waals surface area contributed by atoms with Crippen molar-refractivity contribution < 1.29 is 14.5 Å². The van der Waals surface area contributed by atoms with Gasteiger partial charge in [0, 0.05) is 18.7 Å². The summed E-state index contributed by atoms with van der Waals surface area (Å²) in [6.07, 6.45) is 1.70. The van der Waals surface area contributed by atoms with Crippen molar-refractivity contribution in [2.75, 3.05) is 26.7 Å². The predicted octanol–water partition coefficient (Wildman–Crippen LogP) is 2.02. The highest BCUT2D eigenvalue weighted by Crippen LogP contribution is 2.12. The van der Waals surface area contributed by atoms with Crippen LogP contribution in [0.4, 0.5) is 5.69 Å². The zero-order valence-corrected chi connectivity index (χ0v) is 11.9. The van der Waals surface area contributed by atoms with Gasteiger partial charge in [-0.05, 0) is 24.9 Å². The molecule has 20 heavy (non-hydrogen) atoms. The average Bonchev–Trinajstić information content (AvgIpc) is 2.45. The topological polar surface area (TPSA) is 72.7 Å². The molecule has 0 aromatic heterocycles. The molecule has 0 aliphatic rings. The molecule has 0 saturated carbocycles. The molecule has 1 aromatic carbocycles. The standard InChI is InChI=1S/C14H20N2O4/c1-3-9-15(11-14(17)20-2)10-8-12-4-6-13(7-5-12)16(18)19/h4-7H,3,8-11H2,1-2H3. The van der Waals surface area contributed by atoms with Crippen LogP contribution in [0, 0.1) is 10.1 Å². The van der Waals surface area contributed by atoms with E-state index in [4.69, 9.17) is 0 Å². The number of esters is 1. The normalized spacial score (nSPS) is 10.6. The highest BCUT2D eigenvalue weighted by molar-refractivity contribution is 5.71. The molecular formula is C14H20N2O4. The van der Waals surface area contributed by atoms with Crippen molar-refractivity contribution in [3.05, 3.63) is 39.9 Å². The number of non-ortho nitro benzene ring substituents is 1. The van der Waals surface area contributed by atoms with Gasteiger partial charge in [-0.2, -0.15) is 0 Å². The van der Waals surface area contributed by atoms with Gasteiger partial charge < -0.3 is 4.74 Å². The lowest BCUT2D eigenvalue weighted by Gasteiger charge is -2.20. The Labute approximate surface area is 118 Å². The molecule has 0 aliphatic heterocycles. The van der Waals surface area contributed by atoms with E-state index in [1.807, 2.05) is 4.90 Å². The first-order valence-electron chi connectivity index (χ1n) is 6.59. The Hall–Kier alpha value is -1.95. The van der Waals surface area contributed by atoms with Gasteiger partial charge in [-0.25, -0.2) is 0 Å². The number of carbonyl (C=O) groups excluding carboxylic acids is 1. The molecule has 6 heteroatoms. The van der Waals surface area contributed by atoms with E-state index in [1.54, 1.807) is 12.1 Å². The van der Waals surface area contributed by atoms with Crippen molar-refractivity contribution in [1.29, 1.82) is 0 Å². The molecule has 0 spiro atoms. The third-order valence-electron chi connectivity index (χ3n) is 2.98. The molecular weight excluding hydrogens is 260 g/mol. The van der Waals surface area contributed by atoms with Gasteiger partial charge in [0.25, 0.3) is 5.69 Å². The maximum atomic E-state index is 11.3. The first-order chi connectivity index (χ1) is 9.56. The van der Waals surface area contributed by atoms with E-state index < -0.39 is 4.92 Å². The van der Waals surface area contributed by atoms with E-state index in [9.17, 15) is 14.9 Å². The van der Waals surface area contributed by atoms with Gasteiger partial charge in [0.1, 0.15) is 0 Å². The van der Waals surface area contributed by atoms with Gasteiger partial charge in [0.05, 0.1) is 18.6 Å². The number of nitrogens with zero attached hydrogens (tertiary/aromatic N) is 2. The first-order valence-corrected chi connectivity index (χ1v) is 6.59. The molecule has 0 bridgehead atoms. The van der Waals surface area contributed by atoms with Crippen LogP contribution < -0.4 is 0 Å². The predicted molar refractivity (Wildman–Crippen MR) is 75.5 cm³/mol. The quantitative estimate of drug-likeness (QED) is 0.414. The number of rotatable bonds is 8. The molecule has 0 radical (unpaired) electrons. The van der Waals surface area contributed by atoms with Crippen LogP contribution in [0.1, 0.15) is 18.9 Å². The summed E-state index contributed by atoms with van der Waals surface area (Å²) in [4.78, 5) is 23.5. The first kappa shape index (κ1) is 16.1. The van der Waals surface area contributed by atoms with Crippen LogP contribution in [0.3, 0.4) is 0 Å². The SMILES string of the molecule is CCCN(CCc1ccc([N+](=O)[O-])cc1)CC(=O)OC. The fraction of sp³-hybridized carbons (Fsp3) is 0.500. The fourth-order valence-electron chi connectivity index (χ4n) is 1.90. The Morgan fingerprint density at radius 3 is 2.45 bits per heavy atom. The second kappa shape index (κ2) is 8.27. The average molecular weight is 280 g/mol. The van der Waals surface area contributed by atoms with E-state index in [1.165, 1.54) is 19.2 Å². The van der Waals surface area contributed by atoms with Crippen LogP contribution in [-0.2, 0) is 16.0 Å².